The summed E-state index contributed by atoms with van der Waals surface area (Å²) in [6.45, 7) is 2.58. The van der Waals surface area contributed by atoms with Crippen LogP contribution in [0.3, 0.4) is 0 Å². The van der Waals surface area contributed by atoms with Crippen molar-refractivity contribution in [1.82, 2.24) is 4.90 Å². The quantitative estimate of drug-likeness (QED) is 0.609. The van der Waals surface area contributed by atoms with E-state index in [1.807, 2.05) is 29.2 Å². The van der Waals surface area contributed by atoms with Gasteiger partial charge in [0.1, 0.15) is 6.29 Å². The molecule has 0 atom stereocenters. The van der Waals surface area contributed by atoms with Gasteiger partial charge in [0, 0.05) is 50.6 Å². The first-order chi connectivity index (χ1) is 12.5. The number of amides is 1. The number of halogens is 2. The van der Waals surface area contributed by atoms with Gasteiger partial charge < -0.3 is 9.80 Å². The minimum absolute atomic E-state index is 0.0225. The van der Waals surface area contributed by atoms with Crippen LogP contribution in [0.1, 0.15) is 31.2 Å². The Morgan fingerprint density at radius 1 is 1.08 bits per heavy atom. The Morgan fingerprint density at radius 2 is 1.73 bits per heavy atom. The number of carbonyl (C=O) groups is 2. The van der Waals surface area contributed by atoms with Crippen LogP contribution < -0.4 is 4.90 Å². The maximum atomic E-state index is 13.3. The fourth-order valence-corrected chi connectivity index (χ4v) is 3.77. The monoisotopic (exact) mass is 362 g/mol. The molecule has 0 spiro atoms. The highest BCUT2D eigenvalue weighted by Crippen LogP contribution is 2.37. The molecule has 140 valence electrons. The number of rotatable bonds is 4. The van der Waals surface area contributed by atoms with Crippen molar-refractivity contribution < 1.29 is 18.4 Å². The highest BCUT2D eigenvalue weighted by atomic mass is 19.3. The van der Waals surface area contributed by atoms with Crippen molar-refractivity contribution in [3.63, 3.8) is 0 Å². The van der Waals surface area contributed by atoms with Gasteiger partial charge in [0.25, 0.3) is 0 Å². The molecule has 1 aromatic carbocycles. The third-order valence-electron chi connectivity index (χ3n) is 5.29. The summed E-state index contributed by atoms with van der Waals surface area (Å²) in [6, 6.07) is 7.83. The van der Waals surface area contributed by atoms with Crippen molar-refractivity contribution >= 4 is 24.0 Å². The van der Waals surface area contributed by atoms with Gasteiger partial charge in [0.2, 0.25) is 11.8 Å². The highest BCUT2D eigenvalue weighted by Gasteiger charge is 2.39. The molecule has 1 heterocycles. The first-order valence-electron chi connectivity index (χ1n) is 9.12. The van der Waals surface area contributed by atoms with E-state index in [4.69, 9.17) is 0 Å². The van der Waals surface area contributed by atoms with E-state index >= 15 is 0 Å². The molecule has 6 heteroatoms. The van der Waals surface area contributed by atoms with Gasteiger partial charge >= 0.3 is 0 Å². The number of para-hydroxylation sites is 1. The second-order valence-electron chi connectivity index (χ2n) is 7.00. The Labute approximate surface area is 152 Å². The van der Waals surface area contributed by atoms with E-state index in [9.17, 15) is 18.4 Å². The number of alkyl halides is 2. The van der Waals surface area contributed by atoms with E-state index in [0.29, 0.717) is 26.2 Å². The Hall–Kier alpha value is -2.24. The van der Waals surface area contributed by atoms with Crippen LogP contribution in [-0.4, -0.2) is 49.2 Å². The number of piperazine rings is 1. The summed E-state index contributed by atoms with van der Waals surface area (Å²) in [6.07, 6.45) is 4.21. The Morgan fingerprint density at radius 3 is 2.38 bits per heavy atom. The summed E-state index contributed by atoms with van der Waals surface area (Å²) < 4.78 is 26.6. The van der Waals surface area contributed by atoms with Gasteiger partial charge in [-0.25, -0.2) is 8.78 Å². The standard InChI is InChI=1S/C20H24F2N2O2/c21-20(22)9-7-17(8-10-20)19(26)24-13-11-23(12-14-24)18-6-2-1-4-16(18)5-3-15-25/h1-6,15,17H,7-14H2/b5-3+. The molecule has 26 heavy (non-hydrogen) atoms. The van der Waals surface area contributed by atoms with Crippen molar-refractivity contribution in [2.75, 3.05) is 31.1 Å². The summed E-state index contributed by atoms with van der Waals surface area (Å²) in [4.78, 5) is 27.2. The Balaban J connectivity index is 1.59. The molecule has 2 aliphatic rings. The molecule has 1 aromatic rings. The van der Waals surface area contributed by atoms with Crippen molar-refractivity contribution in [2.24, 2.45) is 5.92 Å². The van der Waals surface area contributed by atoms with Crippen LogP contribution in [0.4, 0.5) is 14.5 Å². The van der Waals surface area contributed by atoms with Crippen LogP contribution >= 0.6 is 0 Å². The topological polar surface area (TPSA) is 40.6 Å². The van der Waals surface area contributed by atoms with Crippen LogP contribution in [0, 0.1) is 5.92 Å². The van der Waals surface area contributed by atoms with Gasteiger partial charge in [0.15, 0.2) is 0 Å². The number of hydrogen-bond acceptors (Lipinski definition) is 3. The lowest BCUT2D eigenvalue weighted by atomic mass is 9.86. The molecule has 0 aromatic heterocycles. The molecular weight excluding hydrogens is 338 g/mol. The molecule has 1 aliphatic heterocycles. The molecule has 0 unspecified atom stereocenters. The van der Waals surface area contributed by atoms with Crippen molar-refractivity contribution in [3.05, 3.63) is 35.9 Å². The van der Waals surface area contributed by atoms with E-state index in [1.54, 1.807) is 6.08 Å². The van der Waals surface area contributed by atoms with Crippen LogP contribution in [0.2, 0.25) is 0 Å². The number of hydrogen-bond donors (Lipinski definition) is 0. The molecule has 1 amide bonds. The smallest absolute Gasteiger partial charge is 0.248 e. The largest absolute Gasteiger partial charge is 0.367 e. The molecule has 0 bridgehead atoms. The Kier molecular flexibility index (Phi) is 5.69. The Bertz CT molecular complexity index is 672. The van der Waals surface area contributed by atoms with Gasteiger partial charge in [-0.3, -0.25) is 9.59 Å². The lowest BCUT2D eigenvalue weighted by Gasteiger charge is -2.39. The first kappa shape index (κ1) is 18.5. The third kappa shape index (κ3) is 4.29. The first-order valence-corrected chi connectivity index (χ1v) is 9.12. The summed E-state index contributed by atoms with van der Waals surface area (Å²) in [5, 5.41) is 0. The normalized spacial score (nSPS) is 21.2. The number of benzene rings is 1. The van der Waals surface area contributed by atoms with E-state index in [-0.39, 0.29) is 37.5 Å². The summed E-state index contributed by atoms with van der Waals surface area (Å²) in [5.74, 6) is -2.84. The average Bonchev–Trinajstić information content (AvgIpc) is 2.66. The zero-order chi connectivity index (χ0) is 18.6. The number of carbonyl (C=O) groups excluding carboxylic acids is 2. The molecule has 1 saturated heterocycles. The van der Waals surface area contributed by atoms with Crippen molar-refractivity contribution in [1.29, 1.82) is 0 Å². The van der Waals surface area contributed by atoms with Gasteiger partial charge in [-0.1, -0.05) is 18.2 Å². The maximum absolute atomic E-state index is 13.3. The molecule has 2 fully saturated rings. The van der Waals surface area contributed by atoms with E-state index < -0.39 is 5.92 Å². The summed E-state index contributed by atoms with van der Waals surface area (Å²) in [5.41, 5.74) is 2.00. The van der Waals surface area contributed by atoms with Crippen LogP contribution in [0.15, 0.2) is 30.3 Å². The predicted molar refractivity (Wildman–Crippen MR) is 97.2 cm³/mol. The van der Waals surface area contributed by atoms with E-state index in [2.05, 4.69) is 4.90 Å². The summed E-state index contributed by atoms with van der Waals surface area (Å²) >= 11 is 0. The average molecular weight is 362 g/mol. The molecule has 3 rings (SSSR count). The van der Waals surface area contributed by atoms with E-state index in [1.165, 1.54) is 6.08 Å². The van der Waals surface area contributed by atoms with Crippen molar-refractivity contribution in [3.8, 4) is 0 Å². The van der Waals surface area contributed by atoms with Gasteiger partial charge in [0.05, 0.1) is 0 Å². The molecule has 1 saturated carbocycles. The van der Waals surface area contributed by atoms with Crippen LogP contribution in [0.5, 0.6) is 0 Å². The highest BCUT2D eigenvalue weighted by molar-refractivity contribution is 5.80. The maximum Gasteiger partial charge on any atom is 0.248 e. The number of aldehydes is 1. The third-order valence-corrected chi connectivity index (χ3v) is 5.29. The second kappa shape index (κ2) is 7.98. The fraction of sp³-hybridized carbons (Fsp3) is 0.500. The van der Waals surface area contributed by atoms with Crippen molar-refractivity contribution in [2.45, 2.75) is 31.6 Å². The van der Waals surface area contributed by atoms with Crippen LogP contribution in [-0.2, 0) is 9.59 Å². The van der Waals surface area contributed by atoms with Gasteiger partial charge in [-0.2, -0.15) is 0 Å². The number of nitrogens with zero attached hydrogens (tertiary/aromatic N) is 2. The summed E-state index contributed by atoms with van der Waals surface area (Å²) in [7, 11) is 0. The SMILES string of the molecule is O=C/C=C/c1ccccc1N1CCN(C(=O)C2CCC(F)(F)CC2)CC1. The molecule has 1 aliphatic carbocycles. The van der Waals surface area contributed by atoms with Gasteiger partial charge in [-0.05, 0) is 36.6 Å². The minimum atomic E-state index is -2.60. The minimum Gasteiger partial charge on any atom is -0.367 e. The fourth-order valence-electron chi connectivity index (χ4n) is 3.77. The van der Waals surface area contributed by atoms with E-state index in [0.717, 1.165) is 17.5 Å². The number of allylic oxidation sites excluding steroid dienone is 1. The zero-order valence-electron chi connectivity index (χ0n) is 14.7. The predicted octanol–water partition coefficient (Wildman–Crippen LogP) is 3.37. The molecule has 0 radical (unpaired) electrons. The lowest BCUT2D eigenvalue weighted by Crippen LogP contribution is -2.51. The van der Waals surface area contributed by atoms with Gasteiger partial charge in [-0.15, -0.1) is 0 Å². The lowest BCUT2D eigenvalue weighted by molar-refractivity contribution is -0.140. The zero-order valence-corrected chi connectivity index (χ0v) is 14.7. The molecule has 0 N–H and O–H groups in total. The van der Waals surface area contributed by atoms with Crippen LogP contribution in [0.25, 0.3) is 6.08 Å². The second-order valence-corrected chi connectivity index (χ2v) is 7.00. The molecular formula is C20H24F2N2O2. The molecule has 4 nitrogen and oxygen atoms in total. The number of anilines is 1.